The molecule has 0 amide bonds. The fourth-order valence-corrected chi connectivity index (χ4v) is 1.56. The van der Waals surface area contributed by atoms with Crippen molar-refractivity contribution in [3.05, 3.63) is 24.5 Å². The van der Waals surface area contributed by atoms with Gasteiger partial charge in [-0.15, -0.1) is 10.2 Å². The SMILES string of the molecule is CC(CCCN)n1nnc(-c2ccncc2)n1. The van der Waals surface area contributed by atoms with Gasteiger partial charge >= 0.3 is 0 Å². The molecule has 6 nitrogen and oxygen atoms in total. The number of tetrazole rings is 1. The number of nitrogens with two attached hydrogens (primary N) is 1. The quantitative estimate of drug-likeness (QED) is 0.832. The fraction of sp³-hybridized carbons (Fsp3) is 0.455. The van der Waals surface area contributed by atoms with Crippen LogP contribution in [0, 0.1) is 0 Å². The maximum Gasteiger partial charge on any atom is 0.205 e. The van der Waals surface area contributed by atoms with E-state index in [1.54, 1.807) is 17.2 Å². The van der Waals surface area contributed by atoms with Crippen LogP contribution < -0.4 is 5.73 Å². The molecule has 0 aromatic carbocycles. The first-order valence-electron chi connectivity index (χ1n) is 5.71. The van der Waals surface area contributed by atoms with Crippen molar-refractivity contribution in [1.29, 1.82) is 0 Å². The van der Waals surface area contributed by atoms with Gasteiger partial charge in [-0.1, -0.05) is 0 Å². The maximum absolute atomic E-state index is 5.48. The second-order valence-corrected chi connectivity index (χ2v) is 3.95. The summed E-state index contributed by atoms with van der Waals surface area (Å²) >= 11 is 0. The van der Waals surface area contributed by atoms with Crippen LogP contribution in [-0.2, 0) is 0 Å². The molecule has 0 radical (unpaired) electrons. The molecule has 0 aliphatic heterocycles. The Kier molecular flexibility index (Phi) is 3.77. The number of nitrogens with zero attached hydrogens (tertiary/aromatic N) is 5. The van der Waals surface area contributed by atoms with Crippen LogP contribution in [0.5, 0.6) is 0 Å². The molecule has 0 fully saturated rings. The Morgan fingerprint density at radius 1 is 1.35 bits per heavy atom. The van der Waals surface area contributed by atoms with Gasteiger partial charge < -0.3 is 5.73 Å². The van der Waals surface area contributed by atoms with Crippen LogP contribution in [0.15, 0.2) is 24.5 Å². The smallest absolute Gasteiger partial charge is 0.205 e. The summed E-state index contributed by atoms with van der Waals surface area (Å²) in [7, 11) is 0. The second kappa shape index (κ2) is 5.49. The number of hydrogen-bond acceptors (Lipinski definition) is 5. The molecule has 6 heteroatoms. The van der Waals surface area contributed by atoms with Crippen molar-refractivity contribution in [2.75, 3.05) is 6.54 Å². The van der Waals surface area contributed by atoms with Gasteiger partial charge in [0.2, 0.25) is 5.82 Å². The Labute approximate surface area is 99.9 Å². The lowest BCUT2D eigenvalue weighted by Gasteiger charge is -2.07. The summed E-state index contributed by atoms with van der Waals surface area (Å²) in [6, 6.07) is 3.96. The highest BCUT2D eigenvalue weighted by atomic mass is 15.6. The van der Waals surface area contributed by atoms with Gasteiger partial charge in [0.15, 0.2) is 0 Å². The van der Waals surface area contributed by atoms with Crippen LogP contribution in [0.3, 0.4) is 0 Å². The van der Waals surface area contributed by atoms with Gasteiger partial charge in [0.25, 0.3) is 0 Å². The molecular weight excluding hydrogens is 216 g/mol. The molecule has 0 spiro atoms. The average molecular weight is 232 g/mol. The summed E-state index contributed by atoms with van der Waals surface area (Å²) in [6.07, 6.45) is 5.36. The molecule has 2 aromatic rings. The van der Waals surface area contributed by atoms with Gasteiger partial charge in [0, 0.05) is 18.0 Å². The van der Waals surface area contributed by atoms with Crippen molar-refractivity contribution in [3.8, 4) is 11.4 Å². The molecule has 17 heavy (non-hydrogen) atoms. The first-order chi connectivity index (χ1) is 8.31. The normalized spacial score (nSPS) is 12.6. The molecule has 0 aliphatic carbocycles. The van der Waals surface area contributed by atoms with Crippen molar-refractivity contribution in [3.63, 3.8) is 0 Å². The topological polar surface area (TPSA) is 82.5 Å². The summed E-state index contributed by atoms with van der Waals surface area (Å²) in [5.41, 5.74) is 6.41. The van der Waals surface area contributed by atoms with E-state index >= 15 is 0 Å². The highest BCUT2D eigenvalue weighted by Gasteiger charge is 2.10. The van der Waals surface area contributed by atoms with Crippen molar-refractivity contribution in [1.82, 2.24) is 25.2 Å². The van der Waals surface area contributed by atoms with E-state index in [2.05, 4.69) is 27.3 Å². The molecule has 2 rings (SSSR count). The summed E-state index contributed by atoms with van der Waals surface area (Å²) < 4.78 is 0. The Morgan fingerprint density at radius 3 is 2.82 bits per heavy atom. The van der Waals surface area contributed by atoms with E-state index in [-0.39, 0.29) is 6.04 Å². The van der Waals surface area contributed by atoms with Crippen LogP contribution in [0.25, 0.3) is 11.4 Å². The molecule has 0 bridgehead atoms. The Bertz CT molecular complexity index is 452. The third-order valence-corrected chi connectivity index (χ3v) is 2.59. The molecule has 0 saturated heterocycles. The van der Waals surface area contributed by atoms with Crippen LogP contribution in [0.1, 0.15) is 25.8 Å². The lowest BCUT2D eigenvalue weighted by molar-refractivity contribution is 0.394. The number of aromatic nitrogens is 5. The minimum absolute atomic E-state index is 0.224. The average Bonchev–Trinajstić information content (AvgIpc) is 2.86. The third kappa shape index (κ3) is 2.85. The van der Waals surface area contributed by atoms with E-state index < -0.39 is 0 Å². The van der Waals surface area contributed by atoms with E-state index in [4.69, 9.17) is 5.73 Å². The van der Waals surface area contributed by atoms with Crippen molar-refractivity contribution in [2.24, 2.45) is 5.73 Å². The summed E-state index contributed by atoms with van der Waals surface area (Å²) in [6.45, 7) is 2.75. The van der Waals surface area contributed by atoms with Gasteiger partial charge in [-0.25, -0.2) is 0 Å². The van der Waals surface area contributed by atoms with Gasteiger partial charge in [0.1, 0.15) is 0 Å². The van der Waals surface area contributed by atoms with E-state index in [1.165, 1.54) is 0 Å². The van der Waals surface area contributed by atoms with Crippen LogP contribution in [-0.4, -0.2) is 31.7 Å². The zero-order valence-corrected chi connectivity index (χ0v) is 9.82. The predicted octanol–water partition coefficient (Wildman–Crippen LogP) is 1.03. The van der Waals surface area contributed by atoms with Gasteiger partial charge in [-0.05, 0) is 43.7 Å². The standard InChI is InChI=1S/C11H16N6/c1-9(3-2-6-12)17-15-11(14-16-17)10-4-7-13-8-5-10/h4-5,7-9H,2-3,6,12H2,1H3. The van der Waals surface area contributed by atoms with Crippen molar-refractivity contribution in [2.45, 2.75) is 25.8 Å². The van der Waals surface area contributed by atoms with E-state index in [0.717, 1.165) is 18.4 Å². The van der Waals surface area contributed by atoms with Crippen LogP contribution >= 0.6 is 0 Å². The van der Waals surface area contributed by atoms with Crippen LogP contribution in [0.2, 0.25) is 0 Å². The molecular formula is C11H16N6. The maximum atomic E-state index is 5.48. The minimum atomic E-state index is 0.224. The molecule has 2 N–H and O–H groups in total. The minimum Gasteiger partial charge on any atom is -0.330 e. The van der Waals surface area contributed by atoms with Gasteiger partial charge in [-0.2, -0.15) is 4.80 Å². The van der Waals surface area contributed by atoms with Crippen molar-refractivity contribution < 1.29 is 0 Å². The Balaban J connectivity index is 2.11. The van der Waals surface area contributed by atoms with Gasteiger partial charge in [0.05, 0.1) is 6.04 Å². The fourth-order valence-electron chi connectivity index (χ4n) is 1.56. The van der Waals surface area contributed by atoms with E-state index in [9.17, 15) is 0 Å². The highest BCUT2D eigenvalue weighted by molar-refractivity contribution is 5.51. The molecule has 2 heterocycles. The zero-order chi connectivity index (χ0) is 12.1. The molecule has 2 aromatic heterocycles. The van der Waals surface area contributed by atoms with E-state index in [0.29, 0.717) is 12.4 Å². The van der Waals surface area contributed by atoms with Gasteiger partial charge in [-0.3, -0.25) is 4.98 Å². The molecule has 0 aliphatic rings. The molecule has 0 saturated carbocycles. The summed E-state index contributed by atoms with van der Waals surface area (Å²) in [5, 5.41) is 12.5. The largest absolute Gasteiger partial charge is 0.330 e. The lowest BCUT2D eigenvalue weighted by Crippen LogP contribution is -2.11. The number of rotatable bonds is 5. The second-order valence-electron chi connectivity index (χ2n) is 3.95. The summed E-state index contributed by atoms with van der Waals surface area (Å²) in [4.78, 5) is 5.60. The third-order valence-electron chi connectivity index (χ3n) is 2.59. The van der Waals surface area contributed by atoms with Crippen molar-refractivity contribution >= 4 is 0 Å². The Hall–Kier alpha value is -1.82. The lowest BCUT2D eigenvalue weighted by atomic mass is 10.2. The monoisotopic (exact) mass is 232 g/mol. The Morgan fingerprint density at radius 2 is 2.12 bits per heavy atom. The number of pyridine rings is 1. The molecule has 1 atom stereocenters. The number of hydrogen-bond donors (Lipinski definition) is 1. The first kappa shape index (κ1) is 11.7. The zero-order valence-electron chi connectivity index (χ0n) is 9.82. The van der Waals surface area contributed by atoms with Crippen LogP contribution in [0.4, 0.5) is 0 Å². The first-order valence-corrected chi connectivity index (χ1v) is 5.71. The van der Waals surface area contributed by atoms with E-state index in [1.807, 2.05) is 12.1 Å². The summed E-state index contributed by atoms with van der Waals surface area (Å²) in [5.74, 6) is 0.631. The molecule has 1 unspecified atom stereocenters. The molecule has 90 valence electrons. The predicted molar refractivity (Wildman–Crippen MR) is 64.0 cm³/mol. The highest BCUT2D eigenvalue weighted by Crippen LogP contribution is 2.14.